The molecule has 0 saturated carbocycles. The molecule has 0 radical (unpaired) electrons. The van der Waals surface area contributed by atoms with Crippen molar-refractivity contribution in [3.05, 3.63) is 45.9 Å². The second kappa shape index (κ2) is 7.65. The lowest BCUT2D eigenvalue weighted by atomic mass is 10.1. The fraction of sp³-hybridized carbons (Fsp3) is 0.333. The maximum Gasteiger partial charge on any atom is 0.339 e. The van der Waals surface area contributed by atoms with Crippen molar-refractivity contribution in [1.82, 2.24) is 10.3 Å². The number of nitrogens with one attached hydrogen (secondary N) is 1. The minimum Gasteiger partial charge on any atom is -0.465 e. The topological polar surface area (TPSA) is 88.6 Å². The van der Waals surface area contributed by atoms with Crippen molar-refractivity contribution in [2.45, 2.75) is 19.9 Å². The van der Waals surface area contributed by atoms with Gasteiger partial charge in [-0.3, -0.25) is 9.59 Å². The molecule has 1 unspecified atom stereocenters. The van der Waals surface area contributed by atoms with E-state index in [1.165, 1.54) is 23.3 Å². The molecule has 136 valence electrons. The molecule has 0 bridgehead atoms. The fourth-order valence-electron chi connectivity index (χ4n) is 2.92. The van der Waals surface area contributed by atoms with E-state index in [1.807, 2.05) is 12.3 Å². The van der Waals surface area contributed by atoms with Crippen LogP contribution in [-0.2, 0) is 20.9 Å². The van der Waals surface area contributed by atoms with Gasteiger partial charge in [0.25, 0.3) is 0 Å². The lowest BCUT2D eigenvalue weighted by Gasteiger charge is -2.19. The summed E-state index contributed by atoms with van der Waals surface area (Å²) in [5.41, 5.74) is 1.58. The Balaban J connectivity index is 1.69. The summed E-state index contributed by atoms with van der Waals surface area (Å²) in [6.45, 7) is 2.48. The third-order valence-electron chi connectivity index (χ3n) is 4.21. The smallest absolute Gasteiger partial charge is 0.339 e. The second-order valence-electron chi connectivity index (χ2n) is 5.99. The molecule has 1 aliphatic rings. The van der Waals surface area contributed by atoms with Gasteiger partial charge in [0.15, 0.2) is 0 Å². The number of aryl methyl sites for hydroxylation is 1. The summed E-state index contributed by atoms with van der Waals surface area (Å²) in [6, 6.07) is 6.73. The maximum absolute atomic E-state index is 12.4. The van der Waals surface area contributed by atoms with Crippen LogP contribution >= 0.6 is 11.3 Å². The number of para-hydroxylation sites is 1. The maximum atomic E-state index is 12.4. The van der Waals surface area contributed by atoms with Gasteiger partial charge in [0.1, 0.15) is 0 Å². The van der Waals surface area contributed by atoms with Crippen LogP contribution in [0.2, 0.25) is 0 Å². The molecule has 3 rings (SSSR count). The number of benzene rings is 1. The number of amides is 2. The van der Waals surface area contributed by atoms with Crippen molar-refractivity contribution in [3.8, 4) is 0 Å². The number of esters is 1. The summed E-state index contributed by atoms with van der Waals surface area (Å²) >= 11 is 1.52. The van der Waals surface area contributed by atoms with Crippen LogP contribution in [-0.4, -0.2) is 36.4 Å². The average Bonchev–Trinajstić information content (AvgIpc) is 3.24. The minimum absolute atomic E-state index is 0.109. The fourth-order valence-corrected chi connectivity index (χ4v) is 3.53. The van der Waals surface area contributed by atoms with E-state index in [2.05, 4.69) is 10.3 Å². The van der Waals surface area contributed by atoms with E-state index in [0.717, 1.165) is 10.7 Å². The van der Waals surface area contributed by atoms with Crippen molar-refractivity contribution in [1.29, 1.82) is 0 Å². The number of anilines is 1. The van der Waals surface area contributed by atoms with E-state index in [-0.39, 0.29) is 24.8 Å². The lowest BCUT2D eigenvalue weighted by molar-refractivity contribution is -0.126. The van der Waals surface area contributed by atoms with Crippen LogP contribution in [0.1, 0.15) is 27.5 Å². The number of hydrogen-bond donors (Lipinski definition) is 1. The Bertz CT molecular complexity index is 848. The van der Waals surface area contributed by atoms with Crippen molar-refractivity contribution in [2.24, 2.45) is 5.92 Å². The molecule has 26 heavy (non-hydrogen) atoms. The minimum atomic E-state index is -0.514. The van der Waals surface area contributed by atoms with Crippen molar-refractivity contribution in [3.63, 3.8) is 0 Å². The molecular weight excluding hydrogens is 354 g/mol. The molecule has 2 heterocycles. The summed E-state index contributed by atoms with van der Waals surface area (Å²) in [7, 11) is 1.29. The largest absolute Gasteiger partial charge is 0.465 e. The van der Waals surface area contributed by atoms with Gasteiger partial charge in [-0.2, -0.15) is 0 Å². The van der Waals surface area contributed by atoms with Gasteiger partial charge in [0.2, 0.25) is 11.8 Å². The summed E-state index contributed by atoms with van der Waals surface area (Å²) in [5.74, 6) is -1.36. The number of methoxy groups -OCH3 is 1. The Morgan fingerprint density at radius 3 is 2.85 bits per heavy atom. The van der Waals surface area contributed by atoms with Crippen LogP contribution in [0.15, 0.2) is 29.6 Å². The van der Waals surface area contributed by atoms with E-state index in [4.69, 9.17) is 4.74 Å². The van der Waals surface area contributed by atoms with Gasteiger partial charge < -0.3 is 15.0 Å². The molecule has 1 aromatic heterocycles. The standard InChI is InChI=1S/C18H19N3O4S/c1-11-20-13(10-26-11)8-19-17(23)12-7-16(22)21(9-12)15-6-4-3-5-14(15)18(24)25-2/h3-6,10,12H,7-9H2,1-2H3,(H,19,23). The first-order valence-corrected chi connectivity index (χ1v) is 9.04. The lowest BCUT2D eigenvalue weighted by Crippen LogP contribution is -2.33. The molecule has 0 aliphatic carbocycles. The molecule has 1 N–H and O–H groups in total. The zero-order valence-electron chi connectivity index (χ0n) is 14.5. The third-order valence-corrected chi connectivity index (χ3v) is 5.03. The SMILES string of the molecule is COC(=O)c1ccccc1N1CC(C(=O)NCc2csc(C)n2)CC1=O. The Morgan fingerprint density at radius 1 is 1.38 bits per heavy atom. The van der Waals surface area contributed by atoms with E-state index >= 15 is 0 Å². The predicted molar refractivity (Wildman–Crippen MR) is 96.9 cm³/mol. The highest BCUT2D eigenvalue weighted by molar-refractivity contribution is 7.09. The number of ether oxygens (including phenoxy) is 1. The van der Waals surface area contributed by atoms with E-state index in [9.17, 15) is 14.4 Å². The summed E-state index contributed by atoms with van der Waals surface area (Å²) in [6.07, 6.45) is 0.109. The quantitative estimate of drug-likeness (QED) is 0.809. The third kappa shape index (κ3) is 3.75. The number of carbonyl (C=O) groups excluding carboxylic acids is 3. The molecule has 7 nitrogen and oxygen atoms in total. The van der Waals surface area contributed by atoms with Gasteiger partial charge in [-0.15, -0.1) is 11.3 Å². The molecule has 8 heteroatoms. The first-order valence-electron chi connectivity index (χ1n) is 8.16. The van der Waals surface area contributed by atoms with Gasteiger partial charge in [-0.25, -0.2) is 9.78 Å². The Hall–Kier alpha value is -2.74. The van der Waals surface area contributed by atoms with Crippen LogP contribution in [0.4, 0.5) is 5.69 Å². The molecular formula is C18H19N3O4S. The number of aromatic nitrogens is 1. The summed E-state index contributed by atoms with van der Waals surface area (Å²) in [5, 5.41) is 5.67. The Labute approximate surface area is 155 Å². The van der Waals surface area contributed by atoms with Crippen molar-refractivity contribution in [2.75, 3.05) is 18.6 Å². The molecule has 1 aliphatic heterocycles. The molecule has 0 spiro atoms. The first-order chi connectivity index (χ1) is 12.5. The highest BCUT2D eigenvalue weighted by Crippen LogP contribution is 2.28. The number of thiazole rings is 1. The summed E-state index contributed by atoms with van der Waals surface area (Å²) < 4.78 is 4.77. The Kier molecular flexibility index (Phi) is 5.32. The second-order valence-corrected chi connectivity index (χ2v) is 7.05. The van der Waals surface area contributed by atoms with Gasteiger partial charge in [0.05, 0.1) is 41.5 Å². The molecule has 1 saturated heterocycles. The number of hydrogen-bond acceptors (Lipinski definition) is 6. The number of nitrogens with zero attached hydrogens (tertiary/aromatic N) is 2. The van der Waals surface area contributed by atoms with Gasteiger partial charge in [-0.05, 0) is 19.1 Å². The highest BCUT2D eigenvalue weighted by Gasteiger charge is 2.36. The van der Waals surface area contributed by atoms with Crippen molar-refractivity contribution < 1.29 is 19.1 Å². The average molecular weight is 373 g/mol. The molecule has 2 aromatic rings. The first kappa shape index (κ1) is 18.1. The van der Waals surface area contributed by atoms with Crippen LogP contribution in [0.5, 0.6) is 0 Å². The van der Waals surface area contributed by atoms with E-state index < -0.39 is 11.9 Å². The highest BCUT2D eigenvalue weighted by atomic mass is 32.1. The van der Waals surface area contributed by atoms with Crippen molar-refractivity contribution >= 4 is 34.8 Å². The number of carbonyl (C=O) groups is 3. The normalized spacial score (nSPS) is 16.6. The Morgan fingerprint density at radius 2 is 2.15 bits per heavy atom. The van der Waals surface area contributed by atoms with Crippen LogP contribution in [0.25, 0.3) is 0 Å². The zero-order valence-corrected chi connectivity index (χ0v) is 15.3. The summed E-state index contributed by atoms with van der Waals surface area (Å²) in [4.78, 5) is 42.5. The zero-order chi connectivity index (χ0) is 18.7. The monoisotopic (exact) mass is 373 g/mol. The van der Waals surface area contributed by atoms with E-state index in [1.54, 1.807) is 24.3 Å². The molecule has 1 atom stereocenters. The van der Waals surface area contributed by atoms with Crippen LogP contribution in [0.3, 0.4) is 0 Å². The van der Waals surface area contributed by atoms with Gasteiger partial charge in [-0.1, -0.05) is 12.1 Å². The van der Waals surface area contributed by atoms with Gasteiger partial charge in [0, 0.05) is 18.3 Å². The van der Waals surface area contributed by atoms with E-state index in [0.29, 0.717) is 17.8 Å². The molecule has 1 aromatic carbocycles. The van der Waals surface area contributed by atoms with Crippen LogP contribution < -0.4 is 10.2 Å². The number of rotatable bonds is 5. The van der Waals surface area contributed by atoms with Gasteiger partial charge >= 0.3 is 5.97 Å². The van der Waals surface area contributed by atoms with Crippen LogP contribution in [0, 0.1) is 12.8 Å². The predicted octanol–water partition coefficient (Wildman–Crippen LogP) is 1.91. The molecule has 1 fully saturated rings. The molecule has 2 amide bonds.